The summed E-state index contributed by atoms with van der Waals surface area (Å²) in [7, 11) is 0. The maximum atomic E-state index is 12.1. The minimum atomic E-state index is -0.842. The van der Waals surface area contributed by atoms with Crippen LogP contribution in [0.1, 0.15) is 25.8 Å². The highest BCUT2D eigenvalue weighted by molar-refractivity contribution is 7.80. The van der Waals surface area contributed by atoms with Gasteiger partial charge in [-0.25, -0.2) is 0 Å². The number of aliphatic hydroxyl groups is 1. The highest BCUT2D eigenvalue weighted by Crippen LogP contribution is 2.24. The number of hydrogen-bond acceptors (Lipinski definition) is 3. The molecule has 1 rings (SSSR count). The van der Waals surface area contributed by atoms with Gasteiger partial charge in [0.1, 0.15) is 0 Å². The van der Waals surface area contributed by atoms with Crippen molar-refractivity contribution in [1.29, 1.82) is 0 Å². The Morgan fingerprint density at radius 1 is 1.44 bits per heavy atom. The van der Waals surface area contributed by atoms with Gasteiger partial charge < -0.3 is 16.2 Å². The molecule has 0 heterocycles. The summed E-state index contributed by atoms with van der Waals surface area (Å²) in [6.07, 6.45) is 0.545. The first-order valence-electron chi connectivity index (χ1n) is 5.75. The average Bonchev–Trinajstić information content (AvgIpc) is 2.38. The van der Waals surface area contributed by atoms with Crippen LogP contribution in [-0.2, 0) is 11.4 Å². The molecule has 0 saturated carbocycles. The van der Waals surface area contributed by atoms with E-state index in [0.717, 1.165) is 5.56 Å². The lowest BCUT2D eigenvalue weighted by atomic mass is 9.86. The Bertz CT molecular complexity index is 445. The van der Waals surface area contributed by atoms with Crippen LogP contribution in [0.15, 0.2) is 24.3 Å². The molecule has 1 unspecified atom stereocenters. The van der Waals surface area contributed by atoms with Crippen molar-refractivity contribution >= 4 is 28.8 Å². The van der Waals surface area contributed by atoms with Crippen LogP contribution in [0.4, 0.5) is 5.69 Å². The third-order valence-corrected chi connectivity index (χ3v) is 3.60. The summed E-state index contributed by atoms with van der Waals surface area (Å²) in [6.45, 7) is 3.58. The Kier molecular flexibility index (Phi) is 4.81. The second kappa shape index (κ2) is 5.93. The molecule has 0 spiro atoms. The van der Waals surface area contributed by atoms with Crippen LogP contribution in [0, 0.1) is 5.41 Å². The predicted octanol–water partition coefficient (Wildman–Crippen LogP) is 1.82. The van der Waals surface area contributed by atoms with Crippen molar-refractivity contribution in [3.8, 4) is 0 Å². The minimum absolute atomic E-state index is 0.0201. The molecule has 4 N–H and O–H groups in total. The van der Waals surface area contributed by atoms with E-state index in [-0.39, 0.29) is 17.5 Å². The summed E-state index contributed by atoms with van der Waals surface area (Å²) in [5.74, 6) is -0.214. The van der Waals surface area contributed by atoms with Crippen molar-refractivity contribution in [2.45, 2.75) is 26.9 Å². The molecule has 0 fully saturated rings. The van der Waals surface area contributed by atoms with Crippen LogP contribution in [-0.4, -0.2) is 16.0 Å². The van der Waals surface area contributed by atoms with Crippen molar-refractivity contribution in [2.24, 2.45) is 11.1 Å². The standard InChI is InChI=1S/C13H18N2O2S/c1-3-13(2,11(14)18)12(17)15-10-6-4-9(8-16)5-7-10/h4-7,16H,3,8H2,1-2H3,(H2,14,18)(H,15,17). The van der Waals surface area contributed by atoms with Crippen LogP contribution in [0.3, 0.4) is 0 Å². The summed E-state index contributed by atoms with van der Waals surface area (Å²) in [5, 5.41) is 11.7. The lowest BCUT2D eigenvalue weighted by Gasteiger charge is -2.25. The molecule has 0 aliphatic carbocycles. The van der Waals surface area contributed by atoms with E-state index in [1.165, 1.54) is 0 Å². The Labute approximate surface area is 112 Å². The van der Waals surface area contributed by atoms with Gasteiger partial charge in [0.15, 0.2) is 0 Å². The summed E-state index contributed by atoms with van der Waals surface area (Å²) >= 11 is 4.95. The van der Waals surface area contributed by atoms with Gasteiger partial charge in [0.25, 0.3) is 0 Å². The van der Waals surface area contributed by atoms with Gasteiger partial charge in [-0.2, -0.15) is 0 Å². The van der Waals surface area contributed by atoms with Crippen LogP contribution >= 0.6 is 12.2 Å². The first-order valence-corrected chi connectivity index (χ1v) is 6.16. The third-order valence-electron chi connectivity index (χ3n) is 3.15. The molecule has 1 amide bonds. The number of amides is 1. The van der Waals surface area contributed by atoms with Crippen molar-refractivity contribution in [2.75, 3.05) is 5.32 Å². The van der Waals surface area contributed by atoms with E-state index >= 15 is 0 Å². The fourth-order valence-electron chi connectivity index (χ4n) is 1.41. The molecule has 0 aliphatic rings. The molecular formula is C13H18N2O2S. The van der Waals surface area contributed by atoms with Gasteiger partial charge in [-0.05, 0) is 31.0 Å². The number of carbonyl (C=O) groups is 1. The third kappa shape index (κ3) is 3.05. The number of thiocarbonyl (C=S) groups is 1. The second-order valence-corrected chi connectivity index (χ2v) is 4.80. The lowest BCUT2D eigenvalue weighted by Crippen LogP contribution is -2.43. The number of aliphatic hydroxyl groups excluding tert-OH is 1. The summed E-state index contributed by atoms with van der Waals surface area (Å²) in [6, 6.07) is 6.97. The number of anilines is 1. The molecule has 0 aromatic heterocycles. The molecule has 18 heavy (non-hydrogen) atoms. The second-order valence-electron chi connectivity index (χ2n) is 4.36. The molecule has 0 saturated heterocycles. The highest BCUT2D eigenvalue weighted by Gasteiger charge is 2.34. The molecule has 4 nitrogen and oxygen atoms in total. The molecule has 98 valence electrons. The largest absolute Gasteiger partial charge is 0.392 e. The summed E-state index contributed by atoms with van der Waals surface area (Å²) in [5.41, 5.74) is 6.23. The Hall–Kier alpha value is -1.46. The van der Waals surface area contributed by atoms with Gasteiger partial charge in [-0.3, -0.25) is 4.79 Å². The Balaban J connectivity index is 2.83. The fourth-order valence-corrected chi connectivity index (χ4v) is 1.65. The van der Waals surface area contributed by atoms with Gasteiger partial charge in [0.05, 0.1) is 17.0 Å². The quantitative estimate of drug-likeness (QED) is 0.711. The molecule has 1 atom stereocenters. The van der Waals surface area contributed by atoms with E-state index in [4.69, 9.17) is 23.1 Å². The topological polar surface area (TPSA) is 75.3 Å². The van der Waals surface area contributed by atoms with E-state index in [1.54, 1.807) is 31.2 Å². The molecule has 5 heteroatoms. The number of hydrogen-bond donors (Lipinski definition) is 3. The number of rotatable bonds is 5. The molecule has 0 aliphatic heterocycles. The van der Waals surface area contributed by atoms with Crippen LogP contribution in [0.25, 0.3) is 0 Å². The lowest BCUT2D eigenvalue weighted by molar-refractivity contribution is -0.121. The SMILES string of the molecule is CCC(C)(C(=O)Nc1ccc(CO)cc1)C(N)=S. The van der Waals surface area contributed by atoms with Gasteiger partial charge >= 0.3 is 0 Å². The molecular weight excluding hydrogens is 248 g/mol. The van der Waals surface area contributed by atoms with E-state index in [9.17, 15) is 4.79 Å². The maximum absolute atomic E-state index is 12.1. The van der Waals surface area contributed by atoms with Crippen LogP contribution in [0.5, 0.6) is 0 Å². The van der Waals surface area contributed by atoms with Crippen LogP contribution < -0.4 is 11.1 Å². The number of benzene rings is 1. The number of nitrogens with two attached hydrogens (primary N) is 1. The van der Waals surface area contributed by atoms with E-state index in [1.807, 2.05) is 6.92 Å². The normalized spacial score (nSPS) is 13.7. The zero-order valence-corrected chi connectivity index (χ0v) is 11.4. The maximum Gasteiger partial charge on any atom is 0.237 e. The Morgan fingerprint density at radius 3 is 2.39 bits per heavy atom. The fraction of sp³-hybridized carbons (Fsp3) is 0.385. The average molecular weight is 266 g/mol. The number of nitrogens with one attached hydrogen (secondary N) is 1. The first-order chi connectivity index (χ1) is 8.43. The zero-order valence-electron chi connectivity index (χ0n) is 10.6. The molecule has 0 bridgehead atoms. The van der Waals surface area contributed by atoms with Gasteiger partial charge in [-0.1, -0.05) is 31.3 Å². The predicted molar refractivity (Wildman–Crippen MR) is 76.2 cm³/mol. The van der Waals surface area contributed by atoms with Crippen molar-refractivity contribution in [1.82, 2.24) is 0 Å². The summed E-state index contributed by atoms with van der Waals surface area (Å²) < 4.78 is 0. The molecule has 0 radical (unpaired) electrons. The Morgan fingerprint density at radius 2 is 2.00 bits per heavy atom. The monoisotopic (exact) mass is 266 g/mol. The van der Waals surface area contributed by atoms with E-state index in [2.05, 4.69) is 5.32 Å². The summed E-state index contributed by atoms with van der Waals surface area (Å²) in [4.78, 5) is 12.3. The van der Waals surface area contributed by atoms with Crippen molar-refractivity contribution < 1.29 is 9.90 Å². The zero-order chi connectivity index (χ0) is 13.8. The van der Waals surface area contributed by atoms with Gasteiger partial charge in [0.2, 0.25) is 5.91 Å². The minimum Gasteiger partial charge on any atom is -0.392 e. The first kappa shape index (κ1) is 14.6. The van der Waals surface area contributed by atoms with Crippen molar-refractivity contribution in [3.05, 3.63) is 29.8 Å². The van der Waals surface area contributed by atoms with E-state index in [0.29, 0.717) is 12.1 Å². The van der Waals surface area contributed by atoms with Gasteiger partial charge in [-0.15, -0.1) is 0 Å². The molecule has 1 aromatic rings. The highest BCUT2D eigenvalue weighted by atomic mass is 32.1. The smallest absolute Gasteiger partial charge is 0.237 e. The van der Waals surface area contributed by atoms with Crippen molar-refractivity contribution in [3.63, 3.8) is 0 Å². The van der Waals surface area contributed by atoms with Gasteiger partial charge in [0, 0.05) is 5.69 Å². The number of carbonyl (C=O) groups excluding carboxylic acids is 1. The molecule has 1 aromatic carbocycles. The van der Waals surface area contributed by atoms with E-state index < -0.39 is 5.41 Å². The van der Waals surface area contributed by atoms with Crippen LogP contribution in [0.2, 0.25) is 0 Å².